The summed E-state index contributed by atoms with van der Waals surface area (Å²) < 4.78 is 0. The Kier molecular flexibility index (Phi) is 3.68. The number of carbonyl (C=O) groups is 2. The summed E-state index contributed by atoms with van der Waals surface area (Å²) in [6.07, 6.45) is -0.454. The molecule has 0 unspecified atom stereocenters. The Bertz CT molecular complexity index is 350. The molecule has 80 valence electrons. The van der Waals surface area contributed by atoms with Gasteiger partial charge in [-0.1, -0.05) is 18.2 Å². The van der Waals surface area contributed by atoms with E-state index < -0.39 is 24.4 Å². The van der Waals surface area contributed by atoms with Crippen LogP contribution in [-0.2, 0) is 9.59 Å². The van der Waals surface area contributed by atoms with E-state index in [0.717, 1.165) is 0 Å². The lowest BCUT2D eigenvalue weighted by Gasteiger charge is -2.13. The average molecular weight is 209 g/mol. The van der Waals surface area contributed by atoms with E-state index in [4.69, 9.17) is 10.2 Å². The predicted molar refractivity (Wildman–Crippen MR) is 53.7 cm³/mol. The van der Waals surface area contributed by atoms with Gasteiger partial charge in [0.15, 0.2) is 0 Å². The van der Waals surface area contributed by atoms with Crippen LogP contribution in [0.2, 0.25) is 0 Å². The minimum atomic E-state index is -1.18. The monoisotopic (exact) mass is 209 g/mol. The third-order valence-electron chi connectivity index (χ3n) is 1.79. The molecule has 1 atom stereocenters. The van der Waals surface area contributed by atoms with E-state index in [1.807, 2.05) is 0 Å². The molecule has 0 bridgehead atoms. The van der Waals surface area contributed by atoms with Gasteiger partial charge in [-0.2, -0.15) is 0 Å². The first-order valence-corrected chi connectivity index (χ1v) is 4.36. The SMILES string of the molecule is O=C(O)C[C@@H](Nc1ccccc1)C(=O)O. The molecule has 0 spiro atoms. The fourth-order valence-electron chi connectivity index (χ4n) is 1.11. The molecule has 1 aromatic rings. The largest absolute Gasteiger partial charge is 0.481 e. The van der Waals surface area contributed by atoms with Crippen LogP contribution in [0.25, 0.3) is 0 Å². The normalized spacial score (nSPS) is 11.7. The number of hydrogen-bond donors (Lipinski definition) is 3. The summed E-state index contributed by atoms with van der Waals surface area (Å²) in [4.78, 5) is 21.1. The third kappa shape index (κ3) is 3.68. The molecule has 15 heavy (non-hydrogen) atoms. The molecule has 5 nitrogen and oxygen atoms in total. The van der Waals surface area contributed by atoms with Gasteiger partial charge in [-0.3, -0.25) is 4.79 Å². The molecule has 0 aliphatic rings. The fourth-order valence-corrected chi connectivity index (χ4v) is 1.11. The first-order chi connectivity index (χ1) is 7.09. The number of rotatable bonds is 5. The molecule has 1 aromatic carbocycles. The lowest BCUT2D eigenvalue weighted by Crippen LogP contribution is -2.31. The maximum Gasteiger partial charge on any atom is 0.326 e. The summed E-state index contributed by atoms with van der Waals surface area (Å²) in [6.45, 7) is 0. The van der Waals surface area contributed by atoms with Crippen molar-refractivity contribution in [3.8, 4) is 0 Å². The van der Waals surface area contributed by atoms with Crippen molar-refractivity contribution in [3.05, 3.63) is 30.3 Å². The summed E-state index contributed by atoms with van der Waals surface area (Å²) in [5.41, 5.74) is 0.589. The molecule has 1 rings (SSSR count). The minimum Gasteiger partial charge on any atom is -0.481 e. The Morgan fingerprint density at radius 1 is 1.20 bits per heavy atom. The van der Waals surface area contributed by atoms with Crippen molar-refractivity contribution >= 4 is 17.6 Å². The Balaban J connectivity index is 2.67. The van der Waals surface area contributed by atoms with Gasteiger partial charge in [-0.15, -0.1) is 0 Å². The highest BCUT2D eigenvalue weighted by Gasteiger charge is 2.20. The molecule has 0 radical (unpaired) electrons. The van der Waals surface area contributed by atoms with E-state index in [-0.39, 0.29) is 0 Å². The van der Waals surface area contributed by atoms with Crippen LogP contribution in [-0.4, -0.2) is 28.2 Å². The van der Waals surface area contributed by atoms with Crippen LogP contribution >= 0.6 is 0 Å². The zero-order valence-electron chi connectivity index (χ0n) is 7.88. The molecule has 3 N–H and O–H groups in total. The summed E-state index contributed by atoms with van der Waals surface area (Å²) in [5, 5.41) is 19.9. The summed E-state index contributed by atoms with van der Waals surface area (Å²) >= 11 is 0. The van der Waals surface area contributed by atoms with E-state index in [1.165, 1.54) is 0 Å². The Hall–Kier alpha value is -2.04. The average Bonchev–Trinajstić information content (AvgIpc) is 2.17. The van der Waals surface area contributed by atoms with Gasteiger partial charge in [-0.25, -0.2) is 4.79 Å². The summed E-state index contributed by atoms with van der Waals surface area (Å²) in [7, 11) is 0. The second-order valence-electron chi connectivity index (χ2n) is 3.00. The second-order valence-corrected chi connectivity index (χ2v) is 3.00. The summed E-state index contributed by atoms with van der Waals surface area (Å²) in [6, 6.07) is 7.52. The number of carboxylic acids is 2. The van der Waals surface area contributed by atoms with Crippen molar-refractivity contribution in [1.82, 2.24) is 0 Å². The van der Waals surface area contributed by atoms with E-state index in [1.54, 1.807) is 30.3 Å². The molecule has 0 amide bonds. The first kappa shape index (κ1) is 11.0. The Labute approximate surface area is 86.4 Å². The van der Waals surface area contributed by atoms with Crippen LogP contribution in [0.15, 0.2) is 30.3 Å². The molecule has 0 aliphatic heterocycles. The predicted octanol–water partition coefficient (Wildman–Crippen LogP) is 1.03. The van der Waals surface area contributed by atoms with Crippen molar-refractivity contribution < 1.29 is 19.8 Å². The lowest BCUT2D eigenvalue weighted by atomic mass is 10.2. The van der Waals surface area contributed by atoms with Gasteiger partial charge in [0.05, 0.1) is 6.42 Å². The highest BCUT2D eigenvalue weighted by molar-refractivity contribution is 5.83. The molecule has 5 heteroatoms. The molecular formula is C10H11NO4. The van der Waals surface area contributed by atoms with Gasteiger partial charge in [0.25, 0.3) is 0 Å². The Morgan fingerprint density at radius 2 is 1.80 bits per heavy atom. The number of hydrogen-bond acceptors (Lipinski definition) is 3. The van der Waals surface area contributed by atoms with Crippen LogP contribution in [0, 0.1) is 0 Å². The number of para-hydroxylation sites is 1. The first-order valence-electron chi connectivity index (χ1n) is 4.36. The van der Waals surface area contributed by atoms with E-state index in [9.17, 15) is 9.59 Å². The zero-order valence-corrected chi connectivity index (χ0v) is 7.88. The van der Waals surface area contributed by atoms with Gasteiger partial charge in [0.1, 0.15) is 6.04 Å². The highest BCUT2D eigenvalue weighted by atomic mass is 16.4. The van der Waals surface area contributed by atoms with Gasteiger partial charge < -0.3 is 15.5 Å². The number of nitrogens with one attached hydrogen (secondary N) is 1. The number of benzene rings is 1. The van der Waals surface area contributed by atoms with Gasteiger partial charge in [0.2, 0.25) is 0 Å². The lowest BCUT2D eigenvalue weighted by molar-refractivity contribution is -0.144. The van der Waals surface area contributed by atoms with E-state index >= 15 is 0 Å². The second kappa shape index (κ2) is 4.99. The third-order valence-corrected chi connectivity index (χ3v) is 1.79. The quantitative estimate of drug-likeness (QED) is 0.674. The summed E-state index contributed by atoms with van der Waals surface area (Å²) in [5.74, 6) is -2.33. The molecule has 0 fully saturated rings. The van der Waals surface area contributed by atoms with Gasteiger partial charge in [0, 0.05) is 5.69 Å². The standard InChI is InChI=1S/C10H11NO4/c12-9(13)6-8(10(14)15)11-7-4-2-1-3-5-7/h1-5,8,11H,6H2,(H,12,13)(H,14,15)/t8-/m1/s1. The van der Waals surface area contributed by atoms with Gasteiger partial charge >= 0.3 is 11.9 Å². The smallest absolute Gasteiger partial charge is 0.326 e. The topological polar surface area (TPSA) is 86.6 Å². The molecule has 0 aliphatic carbocycles. The number of anilines is 1. The van der Waals surface area contributed by atoms with Crippen LogP contribution in [0.5, 0.6) is 0 Å². The van der Waals surface area contributed by atoms with Crippen LogP contribution in [0.1, 0.15) is 6.42 Å². The fraction of sp³-hybridized carbons (Fsp3) is 0.200. The Morgan fingerprint density at radius 3 is 2.27 bits per heavy atom. The van der Waals surface area contributed by atoms with Crippen molar-refractivity contribution in [1.29, 1.82) is 0 Å². The maximum atomic E-state index is 10.7. The molecule has 0 saturated carbocycles. The van der Waals surface area contributed by atoms with Crippen molar-refractivity contribution in [2.75, 3.05) is 5.32 Å². The van der Waals surface area contributed by atoms with E-state index in [0.29, 0.717) is 5.69 Å². The number of carboxylic acid groups (broad SMARTS) is 2. The zero-order chi connectivity index (χ0) is 11.3. The van der Waals surface area contributed by atoms with Crippen molar-refractivity contribution in [3.63, 3.8) is 0 Å². The minimum absolute atomic E-state index is 0.454. The van der Waals surface area contributed by atoms with Crippen molar-refractivity contribution in [2.24, 2.45) is 0 Å². The molecule has 0 heterocycles. The molecule has 0 aromatic heterocycles. The number of aliphatic carboxylic acids is 2. The van der Waals surface area contributed by atoms with Gasteiger partial charge in [-0.05, 0) is 12.1 Å². The highest BCUT2D eigenvalue weighted by Crippen LogP contribution is 2.09. The molecule has 0 saturated heterocycles. The van der Waals surface area contributed by atoms with Crippen molar-refractivity contribution in [2.45, 2.75) is 12.5 Å². The van der Waals surface area contributed by atoms with Crippen LogP contribution < -0.4 is 5.32 Å². The molecular weight excluding hydrogens is 198 g/mol. The van der Waals surface area contributed by atoms with Crippen LogP contribution in [0.4, 0.5) is 5.69 Å². The van der Waals surface area contributed by atoms with Crippen LogP contribution in [0.3, 0.4) is 0 Å². The van der Waals surface area contributed by atoms with E-state index in [2.05, 4.69) is 5.32 Å². The maximum absolute atomic E-state index is 10.7.